The highest BCUT2D eigenvalue weighted by molar-refractivity contribution is 7.80. The minimum Gasteiger partial charge on any atom is -0.451 e. The number of fused-ring (bicyclic) bond motifs is 1. The summed E-state index contributed by atoms with van der Waals surface area (Å²) < 4.78 is 7.38. The van der Waals surface area contributed by atoms with Crippen molar-refractivity contribution >= 4 is 62.7 Å². The number of hydrogen-bond acceptors (Lipinski definition) is 7. The zero-order valence-corrected chi connectivity index (χ0v) is 21.2. The van der Waals surface area contributed by atoms with Gasteiger partial charge in [0.1, 0.15) is 10.8 Å². The summed E-state index contributed by atoms with van der Waals surface area (Å²) in [5.41, 5.74) is 2.56. The average molecular weight is 543 g/mol. The summed E-state index contributed by atoms with van der Waals surface area (Å²) in [6.45, 7) is 2.30. The van der Waals surface area contributed by atoms with Crippen molar-refractivity contribution in [3.8, 4) is 21.9 Å². The van der Waals surface area contributed by atoms with Crippen LogP contribution < -0.4 is 10.6 Å². The van der Waals surface area contributed by atoms with Gasteiger partial charge >= 0.3 is 0 Å². The van der Waals surface area contributed by atoms with Crippen LogP contribution in [0, 0.1) is 6.92 Å². The van der Waals surface area contributed by atoms with E-state index < -0.39 is 5.91 Å². The first-order chi connectivity index (χ1) is 16.9. The number of hydrogen-bond donors (Lipinski definition) is 2. The molecule has 0 radical (unpaired) electrons. The van der Waals surface area contributed by atoms with Gasteiger partial charge in [-0.15, -0.1) is 10.2 Å². The molecule has 0 saturated heterocycles. The molecular formula is C23H16Cl2N6O2S2. The van der Waals surface area contributed by atoms with Crippen molar-refractivity contribution in [2.45, 2.75) is 13.5 Å². The van der Waals surface area contributed by atoms with Crippen LogP contribution in [0.1, 0.15) is 21.9 Å². The van der Waals surface area contributed by atoms with E-state index in [0.717, 1.165) is 26.9 Å². The molecule has 0 aliphatic heterocycles. The Morgan fingerprint density at radius 1 is 1.11 bits per heavy atom. The van der Waals surface area contributed by atoms with Crippen molar-refractivity contribution in [1.29, 1.82) is 0 Å². The van der Waals surface area contributed by atoms with E-state index in [1.807, 2.05) is 31.2 Å². The van der Waals surface area contributed by atoms with E-state index in [9.17, 15) is 4.79 Å². The summed E-state index contributed by atoms with van der Waals surface area (Å²) in [6.07, 6.45) is 0. The molecule has 0 unspecified atom stereocenters. The number of rotatable bonds is 5. The van der Waals surface area contributed by atoms with Crippen molar-refractivity contribution in [3.63, 3.8) is 0 Å². The number of nitrogens with zero attached hydrogens (tertiary/aromatic N) is 4. The molecule has 35 heavy (non-hydrogen) atoms. The minimum atomic E-state index is -0.471. The van der Waals surface area contributed by atoms with Crippen LogP contribution in [-0.4, -0.2) is 30.8 Å². The van der Waals surface area contributed by atoms with E-state index in [1.165, 1.54) is 11.3 Å². The lowest BCUT2D eigenvalue weighted by Crippen LogP contribution is -2.38. The molecule has 3 aromatic heterocycles. The molecule has 8 nitrogen and oxygen atoms in total. The predicted molar refractivity (Wildman–Crippen MR) is 140 cm³/mol. The van der Waals surface area contributed by atoms with Crippen LogP contribution >= 0.6 is 46.8 Å². The molecule has 2 N–H and O–H groups in total. The van der Waals surface area contributed by atoms with Crippen LogP contribution in [0.25, 0.3) is 26.9 Å². The number of thiocarbonyl (C=S) groups is 1. The summed E-state index contributed by atoms with van der Waals surface area (Å²) in [4.78, 5) is 13.3. The summed E-state index contributed by atoms with van der Waals surface area (Å²) >= 11 is 19.0. The molecule has 0 aliphatic rings. The van der Waals surface area contributed by atoms with E-state index in [0.29, 0.717) is 27.9 Å². The quantitative estimate of drug-likeness (QED) is 0.281. The average Bonchev–Trinajstić information content (AvgIpc) is 3.58. The van der Waals surface area contributed by atoms with Gasteiger partial charge in [0.05, 0.1) is 10.0 Å². The highest BCUT2D eigenvalue weighted by atomic mass is 35.5. The highest BCUT2D eigenvalue weighted by Gasteiger charge is 2.16. The lowest BCUT2D eigenvalue weighted by atomic mass is 10.1. The maximum atomic E-state index is 12.5. The van der Waals surface area contributed by atoms with E-state index in [1.54, 1.807) is 34.8 Å². The topological polar surface area (TPSA) is 97.3 Å². The van der Waals surface area contributed by atoms with Crippen LogP contribution in [0.2, 0.25) is 10.0 Å². The third-order valence-corrected chi connectivity index (χ3v) is 7.09. The summed E-state index contributed by atoms with van der Waals surface area (Å²) in [5.74, 6) is 0.810. The molecule has 5 rings (SSSR count). The van der Waals surface area contributed by atoms with Crippen molar-refractivity contribution in [3.05, 3.63) is 81.8 Å². The molecular weight excluding hydrogens is 527 g/mol. The fraction of sp³-hybridized carbons (Fsp3) is 0.0870. The Hall–Kier alpha value is -3.31. The van der Waals surface area contributed by atoms with Crippen molar-refractivity contribution < 1.29 is 9.21 Å². The third kappa shape index (κ3) is 4.92. The lowest BCUT2D eigenvalue weighted by Gasteiger charge is -2.09. The van der Waals surface area contributed by atoms with E-state index in [4.69, 9.17) is 39.8 Å². The molecule has 12 heteroatoms. The zero-order valence-electron chi connectivity index (χ0n) is 18.1. The second-order valence-corrected chi connectivity index (χ2v) is 9.60. The fourth-order valence-electron chi connectivity index (χ4n) is 3.29. The van der Waals surface area contributed by atoms with E-state index >= 15 is 0 Å². The van der Waals surface area contributed by atoms with Crippen molar-refractivity contribution in [2.24, 2.45) is 0 Å². The standard InChI is InChI=1S/C23H16Cl2N6O2S2/c1-12-28-29-23-31(12)30-21(35-23)14-7-5-13(6-8-14)11-26-22(34)27-20(32)18-10-9-17(33-18)15-3-2-4-16(24)19(15)25/h2-10H,11H2,1H3,(H2,26,27,32,34). The van der Waals surface area contributed by atoms with Gasteiger partial charge in [-0.05, 0) is 49.0 Å². The Morgan fingerprint density at radius 2 is 1.91 bits per heavy atom. The monoisotopic (exact) mass is 542 g/mol. The number of carbonyl (C=O) groups excluding carboxylic acids is 1. The fourth-order valence-corrected chi connectivity index (χ4v) is 4.74. The number of aryl methyl sites for hydroxylation is 1. The Bertz CT molecular complexity index is 1560. The molecule has 0 fully saturated rings. The van der Waals surface area contributed by atoms with Gasteiger partial charge in [0, 0.05) is 17.7 Å². The maximum absolute atomic E-state index is 12.5. The minimum absolute atomic E-state index is 0.102. The van der Waals surface area contributed by atoms with Crippen molar-refractivity contribution in [1.82, 2.24) is 30.4 Å². The summed E-state index contributed by atoms with van der Waals surface area (Å²) in [6, 6.07) is 16.3. The number of carbonyl (C=O) groups is 1. The molecule has 0 spiro atoms. The SMILES string of the molecule is Cc1nnc2sc(-c3ccc(CNC(=S)NC(=O)c4ccc(-c5cccc(Cl)c5Cl)o4)cc3)nn12. The van der Waals surface area contributed by atoms with Gasteiger partial charge in [0.15, 0.2) is 16.7 Å². The summed E-state index contributed by atoms with van der Waals surface area (Å²) in [5, 5.41) is 20.1. The normalized spacial score (nSPS) is 11.1. The second-order valence-electron chi connectivity index (χ2n) is 7.45. The Balaban J connectivity index is 1.17. The van der Waals surface area contributed by atoms with Crippen LogP contribution in [0.15, 0.2) is 59.0 Å². The first-order valence-electron chi connectivity index (χ1n) is 10.3. The number of halogens is 2. The van der Waals surface area contributed by atoms with Crippen molar-refractivity contribution in [2.75, 3.05) is 0 Å². The zero-order chi connectivity index (χ0) is 24.5. The van der Waals surface area contributed by atoms with Gasteiger partial charge in [-0.3, -0.25) is 10.1 Å². The van der Waals surface area contributed by atoms with Crippen LogP contribution in [0.3, 0.4) is 0 Å². The molecule has 0 aliphatic carbocycles. The number of benzene rings is 2. The summed E-state index contributed by atoms with van der Waals surface area (Å²) in [7, 11) is 0. The molecule has 176 valence electrons. The smallest absolute Gasteiger partial charge is 0.293 e. The third-order valence-electron chi connectivity index (χ3n) is 5.07. The second kappa shape index (κ2) is 9.74. The van der Waals surface area contributed by atoms with Gasteiger partial charge in [-0.1, -0.05) is 64.9 Å². The molecule has 0 saturated carbocycles. The van der Waals surface area contributed by atoms with Gasteiger partial charge in [-0.2, -0.15) is 9.61 Å². The Labute approximate surface area is 218 Å². The van der Waals surface area contributed by atoms with Gasteiger partial charge in [-0.25, -0.2) is 0 Å². The van der Waals surface area contributed by atoms with Gasteiger partial charge in [0.25, 0.3) is 5.91 Å². The van der Waals surface area contributed by atoms with Crippen LogP contribution in [-0.2, 0) is 6.54 Å². The first kappa shape index (κ1) is 23.4. The molecule has 0 atom stereocenters. The number of furan rings is 1. The molecule has 3 heterocycles. The van der Waals surface area contributed by atoms with Crippen LogP contribution in [0.4, 0.5) is 0 Å². The van der Waals surface area contributed by atoms with E-state index in [-0.39, 0.29) is 10.9 Å². The molecule has 1 amide bonds. The Kier molecular flexibility index (Phi) is 6.52. The first-order valence-corrected chi connectivity index (χ1v) is 12.3. The largest absolute Gasteiger partial charge is 0.451 e. The molecule has 2 aromatic carbocycles. The van der Waals surface area contributed by atoms with E-state index in [2.05, 4.69) is 25.9 Å². The Morgan fingerprint density at radius 3 is 2.69 bits per heavy atom. The number of aromatic nitrogens is 4. The number of amides is 1. The van der Waals surface area contributed by atoms with Gasteiger partial charge in [0.2, 0.25) is 4.96 Å². The number of nitrogens with one attached hydrogen (secondary N) is 2. The lowest BCUT2D eigenvalue weighted by molar-refractivity contribution is 0.0950. The highest BCUT2D eigenvalue weighted by Crippen LogP contribution is 2.34. The van der Waals surface area contributed by atoms with Crippen LogP contribution in [0.5, 0.6) is 0 Å². The molecule has 5 aromatic rings. The molecule has 0 bridgehead atoms. The van der Waals surface area contributed by atoms with Gasteiger partial charge < -0.3 is 9.73 Å². The maximum Gasteiger partial charge on any atom is 0.293 e. The predicted octanol–water partition coefficient (Wildman–Crippen LogP) is 5.53.